The number of hydrogen-bond donors (Lipinski definition) is 0. The maximum atomic E-state index is 12.7. The summed E-state index contributed by atoms with van der Waals surface area (Å²) in [7, 11) is 0. The van der Waals surface area contributed by atoms with Gasteiger partial charge in [0.25, 0.3) is 0 Å². The summed E-state index contributed by atoms with van der Waals surface area (Å²) >= 11 is 0. The van der Waals surface area contributed by atoms with Gasteiger partial charge in [-0.1, -0.05) is 67.3 Å². The van der Waals surface area contributed by atoms with Crippen LogP contribution in [-0.4, -0.2) is 85.0 Å². The Morgan fingerprint density at radius 3 is 2.33 bits per heavy atom. The van der Waals surface area contributed by atoms with Crippen LogP contribution in [0.15, 0.2) is 73.3 Å². The Morgan fingerprint density at radius 2 is 1.69 bits per heavy atom. The van der Waals surface area contributed by atoms with Gasteiger partial charge in [-0.05, 0) is 44.0 Å². The number of carbonyl (C=O) groups excluding carboxylic acids is 2. The summed E-state index contributed by atoms with van der Waals surface area (Å²) in [5.74, 6) is 0.823. The smallest absolute Gasteiger partial charge is 0.410 e. The van der Waals surface area contributed by atoms with E-state index in [0.29, 0.717) is 26.2 Å². The molecule has 1 aliphatic heterocycles. The zero-order valence-electron chi connectivity index (χ0n) is 23.4. The first-order valence-electron chi connectivity index (χ1n) is 13.4. The fourth-order valence-corrected chi connectivity index (χ4v) is 3.99. The van der Waals surface area contributed by atoms with Crippen LogP contribution in [0, 0.1) is 0 Å². The van der Waals surface area contributed by atoms with E-state index >= 15 is 0 Å². The molecule has 8 heteroatoms. The van der Waals surface area contributed by atoms with Crippen molar-refractivity contribution in [1.29, 1.82) is 0 Å². The molecule has 8 nitrogen and oxygen atoms in total. The zero-order valence-corrected chi connectivity index (χ0v) is 23.4. The monoisotopic (exact) mass is 535 g/mol. The number of carbonyl (C=O) groups is 2. The molecule has 0 atom stereocenters. The van der Waals surface area contributed by atoms with Gasteiger partial charge in [-0.3, -0.25) is 4.90 Å². The lowest BCUT2D eigenvalue weighted by molar-refractivity contribution is 0.0206. The van der Waals surface area contributed by atoms with Crippen LogP contribution in [0.2, 0.25) is 0 Å². The number of nitrogens with zero attached hydrogens (tertiary/aromatic N) is 3. The van der Waals surface area contributed by atoms with Crippen molar-refractivity contribution in [3.63, 3.8) is 0 Å². The second-order valence-corrected chi connectivity index (χ2v) is 10.4. The molecule has 2 aromatic rings. The molecule has 1 fully saturated rings. The first-order chi connectivity index (χ1) is 18.7. The van der Waals surface area contributed by atoms with Gasteiger partial charge in [0.2, 0.25) is 0 Å². The van der Waals surface area contributed by atoms with Gasteiger partial charge in [-0.15, -0.1) is 0 Å². The summed E-state index contributed by atoms with van der Waals surface area (Å²) in [5, 5.41) is 0. The quantitative estimate of drug-likeness (QED) is 0.356. The average Bonchev–Trinajstić information content (AvgIpc) is 2.92. The minimum atomic E-state index is -0.615. The van der Waals surface area contributed by atoms with Gasteiger partial charge in [0.1, 0.15) is 24.6 Å². The Hall–Kier alpha value is -3.78. The molecular weight excluding hydrogens is 494 g/mol. The van der Waals surface area contributed by atoms with Crippen LogP contribution in [0.4, 0.5) is 9.59 Å². The summed E-state index contributed by atoms with van der Waals surface area (Å²) in [6, 6.07) is 17.9. The Balaban J connectivity index is 1.43. The molecule has 1 aliphatic rings. The van der Waals surface area contributed by atoms with E-state index in [9.17, 15) is 9.59 Å². The third kappa shape index (κ3) is 10.9. The fourth-order valence-electron chi connectivity index (χ4n) is 3.99. The van der Waals surface area contributed by atoms with Crippen molar-refractivity contribution in [3.05, 3.63) is 84.5 Å². The van der Waals surface area contributed by atoms with Gasteiger partial charge in [0, 0.05) is 39.3 Å². The molecule has 0 saturated carbocycles. The molecular formula is C31H41N3O5. The van der Waals surface area contributed by atoms with E-state index in [1.807, 2.05) is 75.4 Å². The van der Waals surface area contributed by atoms with Gasteiger partial charge in [-0.2, -0.15) is 0 Å². The zero-order chi connectivity index (χ0) is 28.1. The maximum Gasteiger partial charge on any atom is 0.410 e. The molecule has 0 aliphatic carbocycles. The van der Waals surface area contributed by atoms with E-state index in [1.165, 1.54) is 5.56 Å². The minimum absolute atomic E-state index is 0.0950. The summed E-state index contributed by atoms with van der Waals surface area (Å²) in [5.41, 5.74) is 1.62. The first-order valence-corrected chi connectivity index (χ1v) is 13.4. The number of ether oxygens (including phenoxy) is 3. The molecule has 1 saturated heterocycles. The number of benzene rings is 2. The van der Waals surface area contributed by atoms with Gasteiger partial charge in [-0.25, -0.2) is 9.59 Å². The molecule has 2 aromatic carbocycles. The van der Waals surface area contributed by atoms with Crippen LogP contribution in [0.3, 0.4) is 0 Å². The standard InChI is InChI=1S/C31H41N3O5/c1-5-23-37-28-15-13-27(14-16-28)25-32-18-20-34(21-19-32)29(35)38-24-22-33(30(36)39-31(2,3)4)17-9-12-26-10-7-6-8-11-26/h5-16H,1,17-25H2,2-4H3. The van der Waals surface area contributed by atoms with E-state index in [0.717, 1.165) is 30.9 Å². The second-order valence-electron chi connectivity index (χ2n) is 10.4. The lowest BCUT2D eigenvalue weighted by atomic mass is 10.2. The van der Waals surface area contributed by atoms with Crippen molar-refractivity contribution in [1.82, 2.24) is 14.7 Å². The van der Waals surface area contributed by atoms with Crippen molar-refractivity contribution < 1.29 is 23.8 Å². The highest BCUT2D eigenvalue weighted by Crippen LogP contribution is 2.15. The van der Waals surface area contributed by atoms with E-state index in [4.69, 9.17) is 14.2 Å². The molecule has 1 heterocycles. The highest BCUT2D eigenvalue weighted by Gasteiger charge is 2.24. The molecule has 0 N–H and O–H groups in total. The number of rotatable bonds is 11. The Kier molecular flexibility index (Phi) is 11.4. The van der Waals surface area contributed by atoms with Gasteiger partial charge < -0.3 is 24.0 Å². The Morgan fingerprint density at radius 1 is 1.00 bits per heavy atom. The lowest BCUT2D eigenvalue weighted by Gasteiger charge is -2.34. The predicted molar refractivity (Wildman–Crippen MR) is 154 cm³/mol. The first kappa shape index (κ1) is 29.8. The van der Waals surface area contributed by atoms with Crippen LogP contribution < -0.4 is 4.74 Å². The fraction of sp³-hybridized carbons (Fsp3) is 0.419. The van der Waals surface area contributed by atoms with Crippen LogP contribution in [0.25, 0.3) is 6.08 Å². The molecule has 0 bridgehead atoms. The number of hydrogen-bond acceptors (Lipinski definition) is 6. The Labute approximate surface area is 232 Å². The molecule has 39 heavy (non-hydrogen) atoms. The van der Waals surface area contributed by atoms with Gasteiger partial charge in [0.15, 0.2) is 0 Å². The van der Waals surface area contributed by atoms with Gasteiger partial charge in [0.05, 0.1) is 6.54 Å². The molecule has 3 rings (SSSR count). The summed E-state index contributed by atoms with van der Waals surface area (Å²) in [4.78, 5) is 31.0. The molecule has 0 aromatic heterocycles. The maximum absolute atomic E-state index is 12.7. The van der Waals surface area contributed by atoms with Crippen LogP contribution >= 0.6 is 0 Å². The van der Waals surface area contributed by atoms with Crippen LogP contribution in [0.1, 0.15) is 31.9 Å². The third-order valence-corrected chi connectivity index (χ3v) is 6.00. The second kappa shape index (κ2) is 15.0. The number of amides is 2. The molecule has 210 valence electrons. The highest BCUT2D eigenvalue weighted by atomic mass is 16.6. The van der Waals surface area contributed by atoms with Gasteiger partial charge >= 0.3 is 12.2 Å². The topological polar surface area (TPSA) is 71.6 Å². The van der Waals surface area contributed by atoms with Crippen molar-refractivity contribution in [2.75, 3.05) is 52.5 Å². The lowest BCUT2D eigenvalue weighted by Crippen LogP contribution is -2.48. The minimum Gasteiger partial charge on any atom is -0.490 e. The normalized spacial score (nSPS) is 14.2. The number of piperazine rings is 1. The van der Waals surface area contributed by atoms with Crippen LogP contribution in [-0.2, 0) is 16.0 Å². The highest BCUT2D eigenvalue weighted by molar-refractivity contribution is 5.69. The largest absolute Gasteiger partial charge is 0.490 e. The molecule has 2 amide bonds. The predicted octanol–water partition coefficient (Wildman–Crippen LogP) is 5.46. The van der Waals surface area contributed by atoms with Crippen molar-refractivity contribution in [2.24, 2.45) is 0 Å². The Bertz CT molecular complexity index is 1070. The van der Waals surface area contributed by atoms with Crippen molar-refractivity contribution in [2.45, 2.75) is 32.9 Å². The van der Waals surface area contributed by atoms with E-state index in [2.05, 4.69) is 23.6 Å². The summed E-state index contributed by atoms with van der Waals surface area (Å²) < 4.78 is 16.6. The van der Waals surface area contributed by atoms with Crippen molar-refractivity contribution >= 4 is 18.3 Å². The van der Waals surface area contributed by atoms with E-state index < -0.39 is 11.7 Å². The summed E-state index contributed by atoms with van der Waals surface area (Å²) in [6.45, 7) is 13.8. The average molecular weight is 536 g/mol. The van der Waals surface area contributed by atoms with E-state index in [1.54, 1.807) is 15.9 Å². The molecule has 0 spiro atoms. The molecule has 0 radical (unpaired) electrons. The van der Waals surface area contributed by atoms with Crippen molar-refractivity contribution in [3.8, 4) is 5.75 Å². The molecule has 0 unspecified atom stereocenters. The summed E-state index contributed by atoms with van der Waals surface area (Å²) in [6.07, 6.45) is 4.78. The van der Waals surface area contributed by atoms with E-state index in [-0.39, 0.29) is 19.2 Å². The SMILES string of the molecule is C=CCOc1ccc(CN2CCN(C(=O)OCCN(CC=Cc3ccccc3)C(=O)OC(C)(C)C)CC2)cc1. The van der Waals surface area contributed by atoms with Crippen LogP contribution in [0.5, 0.6) is 5.75 Å². The third-order valence-electron chi connectivity index (χ3n) is 6.00.